The fourth-order valence-corrected chi connectivity index (χ4v) is 5.07. The first-order valence-corrected chi connectivity index (χ1v) is 13.2. The quantitative estimate of drug-likeness (QED) is 0.195. The highest BCUT2D eigenvalue weighted by Gasteiger charge is 2.33. The highest BCUT2D eigenvalue weighted by molar-refractivity contribution is 8.18. The summed E-state index contributed by atoms with van der Waals surface area (Å²) in [5.74, 6) is 0.711. The van der Waals surface area contributed by atoms with Crippen molar-refractivity contribution in [3.05, 3.63) is 92.8 Å². The summed E-state index contributed by atoms with van der Waals surface area (Å²) in [5, 5.41) is 1.57. The summed E-state index contributed by atoms with van der Waals surface area (Å²) in [7, 11) is 1.54. The molecule has 1 saturated heterocycles. The summed E-state index contributed by atoms with van der Waals surface area (Å²) >= 11 is 14.1. The Hall–Kier alpha value is -2.97. The fourth-order valence-electron chi connectivity index (χ4n) is 3.58. The van der Waals surface area contributed by atoms with E-state index >= 15 is 0 Å². The highest BCUT2D eigenvalue weighted by atomic mass is 35.5. The largest absolute Gasteiger partial charge is 0.493 e. The zero-order chi connectivity index (χ0) is 26.2. The molecule has 6 nitrogen and oxygen atoms in total. The smallest absolute Gasteiger partial charge is 0.266 e. The minimum atomic E-state index is -0.145. The monoisotopic (exact) mass is 556 g/mol. The predicted molar refractivity (Wildman–Crippen MR) is 151 cm³/mol. The molecule has 1 fully saturated rings. The molecule has 0 unspecified atom stereocenters. The molecule has 0 atom stereocenters. The lowest BCUT2D eigenvalue weighted by Gasteiger charge is -2.15. The molecule has 0 aromatic heterocycles. The van der Waals surface area contributed by atoms with Crippen LogP contribution in [0.15, 0.2) is 76.6 Å². The fraction of sp³-hybridized carbons (Fsp3) is 0.214. The molecule has 1 heterocycles. The number of hydrogen-bond donors (Lipinski definition) is 0. The normalized spacial score (nSPS) is 15.6. The Balaban J connectivity index is 1.60. The van der Waals surface area contributed by atoms with Crippen molar-refractivity contribution in [3.63, 3.8) is 0 Å². The van der Waals surface area contributed by atoms with Gasteiger partial charge in [-0.25, -0.2) is 4.99 Å². The minimum Gasteiger partial charge on any atom is -0.493 e. The maximum absolute atomic E-state index is 13.3. The van der Waals surface area contributed by atoms with Gasteiger partial charge in [0.1, 0.15) is 6.61 Å². The Labute approximate surface area is 230 Å². The van der Waals surface area contributed by atoms with Crippen LogP contribution >= 0.6 is 35.0 Å². The number of amidine groups is 1. The van der Waals surface area contributed by atoms with Gasteiger partial charge in [-0.15, -0.1) is 0 Å². The average Bonchev–Trinajstić information content (AvgIpc) is 3.18. The first kappa shape index (κ1) is 27.1. The third kappa shape index (κ3) is 6.87. The zero-order valence-electron chi connectivity index (χ0n) is 20.4. The average molecular weight is 557 g/mol. The summed E-state index contributed by atoms with van der Waals surface area (Å²) in [4.78, 5) is 20.2. The number of nitrogens with zero attached hydrogens (tertiary/aromatic N) is 2. The van der Waals surface area contributed by atoms with Crippen LogP contribution in [0.5, 0.6) is 11.5 Å². The molecule has 9 heteroatoms. The van der Waals surface area contributed by atoms with Crippen molar-refractivity contribution in [1.29, 1.82) is 0 Å². The number of amides is 1. The summed E-state index contributed by atoms with van der Waals surface area (Å²) in [6.45, 7) is 3.55. The SMILES string of the molecule is CCOCCN1C(=O)/C(=C/c2cc(Cl)c(OCc3ccccc3Cl)c(OC)c2)SC1=Nc1ccccc1. The number of benzene rings is 3. The highest BCUT2D eigenvalue weighted by Crippen LogP contribution is 2.40. The number of carbonyl (C=O) groups is 1. The molecule has 0 radical (unpaired) electrons. The van der Waals surface area contributed by atoms with Crippen molar-refractivity contribution in [3.8, 4) is 11.5 Å². The van der Waals surface area contributed by atoms with Crippen molar-refractivity contribution in [2.24, 2.45) is 4.99 Å². The Morgan fingerprint density at radius 3 is 2.51 bits per heavy atom. The second-order valence-corrected chi connectivity index (χ2v) is 9.73. The molecule has 4 rings (SSSR count). The Kier molecular flexibility index (Phi) is 9.52. The summed E-state index contributed by atoms with van der Waals surface area (Å²) in [5.41, 5.74) is 2.30. The summed E-state index contributed by atoms with van der Waals surface area (Å²) in [6, 6.07) is 20.5. The van der Waals surface area contributed by atoms with Gasteiger partial charge in [-0.3, -0.25) is 9.69 Å². The van der Waals surface area contributed by atoms with Crippen LogP contribution in [-0.2, 0) is 16.1 Å². The van der Waals surface area contributed by atoms with Gasteiger partial charge in [-0.1, -0.05) is 59.6 Å². The second kappa shape index (κ2) is 13.0. The molecular formula is C28H26Cl2N2O4S. The van der Waals surface area contributed by atoms with Crippen molar-refractivity contribution in [1.82, 2.24) is 4.90 Å². The van der Waals surface area contributed by atoms with Crippen LogP contribution in [0.3, 0.4) is 0 Å². The lowest BCUT2D eigenvalue weighted by atomic mass is 10.1. The third-order valence-electron chi connectivity index (χ3n) is 5.41. The van der Waals surface area contributed by atoms with Crippen molar-refractivity contribution in [2.45, 2.75) is 13.5 Å². The molecule has 0 aliphatic carbocycles. The van der Waals surface area contributed by atoms with Gasteiger partial charge in [0.05, 0.1) is 35.9 Å². The topological polar surface area (TPSA) is 60.4 Å². The second-order valence-electron chi connectivity index (χ2n) is 7.91. The van der Waals surface area contributed by atoms with Gasteiger partial charge >= 0.3 is 0 Å². The number of methoxy groups -OCH3 is 1. The van der Waals surface area contributed by atoms with E-state index < -0.39 is 0 Å². The molecule has 0 N–H and O–H groups in total. The van der Waals surface area contributed by atoms with E-state index in [4.69, 9.17) is 42.4 Å². The van der Waals surface area contributed by atoms with E-state index in [9.17, 15) is 4.79 Å². The summed E-state index contributed by atoms with van der Waals surface area (Å²) in [6.07, 6.45) is 1.78. The number of thioether (sulfide) groups is 1. The van der Waals surface area contributed by atoms with Crippen molar-refractivity contribution >= 4 is 57.8 Å². The third-order valence-corrected chi connectivity index (χ3v) is 7.07. The van der Waals surface area contributed by atoms with E-state index in [1.54, 1.807) is 36.3 Å². The molecule has 0 spiro atoms. The molecule has 3 aromatic carbocycles. The van der Waals surface area contributed by atoms with Gasteiger partial charge in [-0.05, 0) is 60.7 Å². The van der Waals surface area contributed by atoms with E-state index in [2.05, 4.69) is 0 Å². The molecule has 192 valence electrons. The maximum Gasteiger partial charge on any atom is 0.266 e. The predicted octanol–water partition coefficient (Wildman–Crippen LogP) is 7.22. The number of halogens is 2. The lowest BCUT2D eigenvalue weighted by molar-refractivity contribution is -0.122. The van der Waals surface area contributed by atoms with Gasteiger partial charge in [-0.2, -0.15) is 0 Å². The molecule has 3 aromatic rings. The van der Waals surface area contributed by atoms with Crippen LogP contribution in [0.2, 0.25) is 10.0 Å². The van der Waals surface area contributed by atoms with Gasteiger partial charge < -0.3 is 14.2 Å². The zero-order valence-corrected chi connectivity index (χ0v) is 22.8. The van der Waals surface area contributed by atoms with Crippen LogP contribution < -0.4 is 9.47 Å². The van der Waals surface area contributed by atoms with E-state index in [0.717, 1.165) is 11.3 Å². The Morgan fingerprint density at radius 2 is 1.78 bits per heavy atom. The van der Waals surface area contributed by atoms with E-state index in [1.807, 2.05) is 55.5 Å². The standard InChI is InChI=1S/C28H26Cl2N2O4S/c1-3-35-14-13-32-27(33)25(37-28(32)31-21-10-5-4-6-11-21)17-19-15-23(30)26(24(16-19)34-2)36-18-20-9-7-8-12-22(20)29/h4-12,15-17H,3,13-14,18H2,1-2H3/b25-17-,31-28?. The van der Waals surface area contributed by atoms with Gasteiger partial charge in [0, 0.05) is 17.2 Å². The molecular weight excluding hydrogens is 531 g/mol. The Morgan fingerprint density at radius 1 is 1.03 bits per heavy atom. The van der Waals surface area contributed by atoms with Crippen LogP contribution in [-0.4, -0.2) is 42.8 Å². The van der Waals surface area contributed by atoms with Crippen LogP contribution in [0.4, 0.5) is 5.69 Å². The maximum atomic E-state index is 13.3. The summed E-state index contributed by atoms with van der Waals surface area (Å²) < 4.78 is 17.0. The van der Waals surface area contributed by atoms with Gasteiger partial charge in [0.15, 0.2) is 16.7 Å². The minimum absolute atomic E-state index is 0.145. The number of hydrogen-bond acceptors (Lipinski definition) is 6. The molecule has 37 heavy (non-hydrogen) atoms. The molecule has 0 saturated carbocycles. The van der Waals surface area contributed by atoms with Crippen molar-refractivity contribution in [2.75, 3.05) is 26.9 Å². The van der Waals surface area contributed by atoms with E-state index in [0.29, 0.717) is 56.9 Å². The van der Waals surface area contributed by atoms with Crippen LogP contribution in [0, 0.1) is 0 Å². The number of para-hydroxylation sites is 1. The van der Waals surface area contributed by atoms with Crippen molar-refractivity contribution < 1.29 is 19.0 Å². The molecule has 0 bridgehead atoms. The van der Waals surface area contributed by atoms with Gasteiger partial charge in [0.2, 0.25) is 0 Å². The Bertz CT molecular complexity index is 1310. The number of ether oxygens (including phenoxy) is 3. The molecule has 1 aliphatic rings. The first-order chi connectivity index (χ1) is 18.0. The van der Waals surface area contributed by atoms with E-state index in [-0.39, 0.29) is 12.5 Å². The number of rotatable bonds is 10. The number of carbonyl (C=O) groups excluding carboxylic acids is 1. The lowest BCUT2D eigenvalue weighted by Crippen LogP contribution is -2.32. The number of aliphatic imine (C=N–C) groups is 1. The first-order valence-electron chi connectivity index (χ1n) is 11.7. The van der Waals surface area contributed by atoms with Gasteiger partial charge in [0.25, 0.3) is 5.91 Å². The van der Waals surface area contributed by atoms with E-state index in [1.165, 1.54) is 11.8 Å². The van der Waals surface area contributed by atoms with Crippen LogP contribution in [0.25, 0.3) is 6.08 Å². The van der Waals surface area contributed by atoms with Crippen LogP contribution in [0.1, 0.15) is 18.1 Å². The molecule has 1 amide bonds. The molecule has 1 aliphatic heterocycles.